The number of rotatable bonds is 8. The van der Waals surface area contributed by atoms with Crippen LogP contribution in [0.4, 0.5) is 4.39 Å². The van der Waals surface area contributed by atoms with Crippen molar-refractivity contribution < 1.29 is 28.6 Å². The van der Waals surface area contributed by atoms with Crippen molar-refractivity contribution in [2.45, 2.75) is 71.6 Å². The fourth-order valence-corrected chi connectivity index (χ4v) is 6.06. The summed E-state index contributed by atoms with van der Waals surface area (Å²) in [5.74, 6) is 1.33. The normalized spacial score (nSPS) is 23.4. The highest BCUT2D eigenvalue weighted by atomic mass is 19.1. The highest BCUT2D eigenvalue weighted by Crippen LogP contribution is 2.50. The summed E-state index contributed by atoms with van der Waals surface area (Å²) >= 11 is 0. The number of nitrogens with zero attached hydrogens (tertiary/aromatic N) is 3. The van der Waals surface area contributed by atoms with E-state index >= 15 is 0 Å². The Morgan fingerprint density at radius 2 is 1.65 bits per heavy atom. The molecule has 1 spiro atoms. The first-order valence-electron chi connectivity index (χ1n) is 14.2. The average molecular weight is 554 g/mol. The number of hydrogen-bond donors (Lipinski definition) is 1. The van der Waals surface area contributed by atoms with Crippen molar-refractivity contribution >= 4 is 11.8 Å². The molecule has 0 saturated carbocycles. The molecule has 9 heteroatoms. The third-order valence-electron chi connectivity index (χ3n) is 9.10. The zero-order valence-corrected chi connectivity index (χ0v) is 24.1. The number of oxime groups is 1. The number of hydrogen-bond acceptors (Lipinski definition) is 7. The van der Waals surface area contributed by atoms with Gasteiger partial charge in [-0.05, 0) is 82.9 Å². The Hall–Kier alpha value is -3.33. The lowest BCUT2D eigenvalue weighted by atomic mass is 9.70. The number of benzene rings is 2. The van der Waals surface area contributed by atoms with Gasteiger partial charge in [0.05, 0.1) is 36.2 Å². The van der Waals surface area contributed by atoms with Crippen LogP contribution in [-0.4, -0.2) is 70.7 Å². The lowest BCUT2D eigenvalue weighted by Crippen LogP contribution is -2.75. The summed E-state index contributed by atoms with van der Waals surface area (Å²) in [5.41, 5.74) is 1.35. The van der Waals surface area contributed by atoms with Gasteiger partial charge in [0.2, 0.25) is 0 Å². The van der Waals surface area contributed by atoms with Crippen LogP contribution in [0.5, 0.6) is 11.5 Å². The Kier molecular flexibility index (Phi) is 7.46. The van der Waals surface area contributed by atoms with Crippen molar-refractivity contribution in [2.24, 2.45) is 10.6 Å². The lowest BCUT2D eigenvalue weighted by Gasteiger charge is -2.60. The molecule has 40 heavy (non-hydrogen) atoms. The fraction of sp³-hybridized carbons (Fsp3) is 0.548. The molecule has 2 fully saturated rings. The van der Waals surface area contributed by atoms with Crippen LogP contribution < -0.4 is 9.47 Å². The number of ether oxygens (including phenoxy) is 2. The molecule has 8 nitrogen and oxygen atoms in total. The molecule has 2 aromatic carbocycles. The van der Waals surface area contributed by atoms with Gasteiger partial charge >= 0.3 is 5.97 Å². The fourth-order valence-electron chi connectivity index (χ4n) is 6.06. The predicted molar refractivity (Wildman–Crippen MR) is 151 cm³/mol. The molecule has 1 unspecified atom stereocenters. The second kappa shape index (κ2) is 10.6. The summed E-state index contributed by atoms with van der Waals surface area (Å²) in [6.45, 7) is 13.8. The number of carbonyl (C=O) groups is 1. The number of aliphatic carboxylic acids is 1. The third kappa shape index (κ3) is 4.89. The number of carboxylic acid groups (broad SMARTS) is 1. The summed E-state index contributed by atoms with van der Waals surface area (Å²) in [6, 6.07) is 10.5. The van der Waals surface area contributed by atoms with Gasteiger partial charge in [0.25, 0.3) is 0 Å². The van der Waals surface area contributed by atoms with Gasteiger partial charge in [0.1, 0.15) is 23.2 Å². The van der Waals surface area contributed by atoms with Gasteiger partial charge in [-0.1, -0.05) is 17.3 Å². The van der Waals surface area contributed by atoms with E-state index in [2.05, 4.69) is 40.9 Å². The molecule has 3 aliphatic rings. The largest absolute Gasteiger partial charge is 0.493 e. The van der Waals surface area contributed by atoms with Crippen LogP contribution in [0.1, 0.15) is 59.4 Å². The van der Waals surface area contributed by atoms with E-state index in [0.717, 1.165) is 29.1 Å². The maximum Gasteiger partial charge on any atom is 0.309 e. The van der Waals surface area contributed by atoms with Crippen LogP contribution in [0, 0.1) is 11.2 Å². The molecule has 216 valence electrons. The Labute approximate surface area is 235 Å². The van der Waals surface area contributed by atoms with Crippen molar-refractivity contribution in [1.29, 1.82) is 0 Å². The van der Waals surface area contributed by atoms with Gasteiger partial charge < -0.3 is 24.3 Å². The number of halogens is 1. The highest BCUT2D eigenvalue weighted by Gasteiger charge is 2.64. The van der Waals surface area contributed by atoms with Crippen molar-refractivity contribution in [3.63, 3.8) is 0 Å². The van der Waals surface area contributed by atoms with Gasteiger partial charge in [-0.3, -0.25) is 9.69 Å². The molecule has 3 heterocycles. The van der Waals surface area contributed by atoms with E-state index in [1.165, 1.54) is 12.1 Å². The minimum atomic E-state index is -0.727. The second-order valence-electron chi connectivity index (χ2n) is 11.9. The summed E-state index contributed by atoms with van der Waals surface area (Å²) in [6.07, 6.45) is 1.91. The molecule has 0 aromatic heterocycles. The zero-order valence-electron chi connectivity index (χ0n) is 24.1. The molecule has 1 N–H and O–H groups in total. The minimum Gasteiger partial charge on any atom is -0.493 e. The van der Waals surface area contributed by atoms with E-state index in [0.29, 0.717) is 63.6 Å². The summed E-state index contributed by atoms with van der Waals surface area (Å²) in [7, 11) is 0. The maximum atomic E-state index is 13.6. The van der Waals surface area contributed by atoms with Crippen molar-refractivity contribution in [1.82, 2.24) is 9.80 Å². The van der Waals surface area contributed by atoms with Crippen molar-refractivity contribution in [3.05, 3.63) is 47.8 Å². The molecule has 2 aromatic rings. The average Bonchev–Trinajstić information content (AvgIpc) is 3.37. The Balaban J connectivity index is 1.31. The van der Waals surface area contributed by atoms with E-state index in [1.54, 1.807) is 12.1 Å². The Morgan fingerprint density at radius 1 is 1.05 bits per heavy atom. The maximum absolute atomic E-state index is 13.6. The summed E-state index contributed by atoms with van der Waals surface area (Å²) < 4.78 is 25.8. The quantitative estimate of drug-likeness (QED) is 0.459. The number of likely N-dealkylation sites (tertiary alicyclic amines) is 2. The minimum absolute atomic E-state index is 0.281. The van der Waals surface area contributed by atoms with Crippen LogP contribution in [-0.2, 0) is 16.2 Å². The van der Waals surface area contributed by atoms with E-state index in [4.69, 9.17) is 14.3 Å². The van der Waals surface area contributed by atoms with E-state index in [-0.39, 0.29) is 11.4 Å². The predicted octanol–water partition coefficient (Wildman–Crippen LogP) is 5.54. The molecule has 3 aliphatic heterocycles. The van der Waals surface area contributed by atoms with Crippen LogP contribution in [0.15, 0.2) is 41.6 Å². The monoisotopic (exact) mass is 553 g/mol. The van der Waals surface area contributed by atoms with Gasteiger partial charge in [0.15, 0.2) is 5.60 Å². The summed E-state index contributed by atoms with van der Waals surface area (Å²) in [5, 5.41) is 14.1. The van der Waals surface area contributed by atoms with Gasteiger partial charge in [0, 0.05) is 26.2 Å². The van der Waals surface area contributed by atoms with Crippen molar-refractivity contribution in [2.75, 3.05) is 32.8 Å². The summed E-state index contributed by atoms with van der Waals surface area (Å²) in [4.78, 5) is 22.4. The first-order valence-corrected chi connectivity index (χ1v) is 14.2. The lowest BCUT2D eigenvalue weighted by molar-refractivity contribution is -0.220. The Bertz CT molecular complexity index is 1260. The Morgan fingerprint density at radius 3 is 2.17 bits per heavy atom. The molecular formula is C31H40FN3O5. The molecular weight excluding hydrogens is 513 g/mol. The van der Waals surface area contributed by atoms with E-state index < -0.39 is 17.0 Å². The molecule has 5 rings (SSSR count). The van der Waals surface area contributed by atoms with Gasteiger partial charge in [-0.2, -0.15) is 0 Å². The molecule has 0 amide bonds. The smallest absolute Gasteiger partial charge is 0.309 e. The molecule has 0 radical (unpaired) electrons. The first-order chi connectivity index (χ1) is 19.0. The molecule has 0 bridgehead atoms. The highest BCUT2D eigenvalue weighted by molar-refractivity contribution is 5.85. The van der Waals surface area contributed by atoms with E-state index in [1.807, 2.05) is 20.8 Å². The first kappa shape index (κ1) is 28.2. The van der Waals surface area contributed by atoms with Gasteiger partial charge in [-0.25, -0.2) is 4.39 Å². The van der Waals surface area contributed by atoms with Crippen LogP contribution in [0.2, 0.25) is 0 Å². The number of amidine groups is 1. The van der Waals surface area contributed by atoms with Crippen molar-refractivity contribution in [3.8, 4) is 22.6 Å². The van der Waals surface area contributed by atoms with Crippen LogP contribution >= 0.6 is 0 Å². The zero-order chi connectivity index (χ0) is 28.7. The number of piperidine rings is 1. The topological polar surface area (TPSA) is 83.8 Å². The van der Waals surface area contributed by atoms with Crippen LogP contribution in [0.3, 0.4) is 0 Å². The third-order valence-corrected chi connectivity index (χ3v) is 9.10. The van der Waals surface area contributed by atoms with Crippen LogP contribution in [0.25, 0.3) is 11.1 Å². The number of carboxylic acids is 1. The van der Waals surface area contributed by atoms with E-state index in [9.17, 15) is 14.3 Å². The second-order valence-corrected chi connectivity index (χ2v) is 11.9. The molecule has 1 atom stereocenters. The molecule has 0 aliphatic carbocycles. The molecule has 2 saturated heterocycles. The van der Waals surface area contributed by atoms with Gasteiger partial charge in [-0.15, -0.1) is 0 Å². The SMILES string of the molecule is CCOc1cc(CN2CC3(CC(N4CCC(C)(C(=O)O)CC4)=NO3)C2(C)C)cc(OCC)c1-c1ccc(F)cc1. The standard InChI is InChI=1S/C31H40FN3O5/c1-6-38-24-16-21(17-25(39-7-2)27(24)22-8-10-23(32)11-9-22)19-35-20-31(29(35,3)4)18-26(33-40-31)34-14-12-30(5,13-15-34)28(36)37/h8-11,16-17H,6-7,12-15,18-20H2,1-5H3,(H,36,37).